The molecule has 0 radical (unpaired) electrons. The summed E-state index contributed by atoms with van der Waals surface area (Å²) in [5.41, 5.74) is -0.00825. The van der Waals surface area contributed by atoms with Crippen LogP contribution in [0.1, 0.15) is 12.5 Å². The quantitative estimate of drug-likeness (QED) is 0.899. The molecule has 0 fully saturated rings. The molecule has 1 aliphatic rings. The molecular formula is C13H13FN2O5S. The van der Waals surface area contributed by atoms with Crippen LogP contribution >= 0.6 is 0 Å². The van der Waals surface area contributed by atoms with Crippen LogP contribution in [0.25, 0.3) is 0 Å². The third-order valence-corrected chi connectivity index (χ3v) is 4.33. The summed E-state index contributed by atoms with van der Waals surface area (Å²) in [4.78, 5) is 11.1. The van der Waals surface area contributed by atoms with Crippen LogP contribution in [0.2, 0.25) is 0 Å². The van der Waals surface area contributed by atoms with Crippen molar-refractivity contribution in [3.05, 3.63) is 41.4 Å². The molecule has 1 heterocycles. The second kappa shape index (κ2) is 5.76. The van der Waals surface area contributed by atoms with Crippen molar-refractivity contribution in [1.29, 1.82) is 0 Å². The highest BCUT2D eigenvalue weighted by atomic mass is 32.2. The van der Waals surface area contributed by atoms with Gasteiger partial charge in [-0.1, -0.05) is 6.07 Å². The summed E-state index contributed by atoms with van der Waals surface area (Å²) in [5.74, 6) is -1.90. The van der Waals surface area contributed by atoms with Gasteiger partial charge in [0.2, 0.25) is 0 Å². The van der Waals surface area contributed by atoms with Crippen molar-refractivity contribution < 1.29 is 27.4 Å². The largest absolute Gasteiger partial charge is 0.494 e. The molecule has 2 rings (SSSR count). The number of carbonyl (C=O) groups is 1. The summed E-state index contributed by atoms with van der Waals surface area (Å²) in [6.07, 6.45) is 0.974. The molecular weight excluding hydrogens is 315 g/mol. The van der Waals surface area contributed by atoms with Gasteiger partial charge < -0.3 is 9.84 Å². The molecule has 0 aromatic heterocycles. The molecule has 9 heteroatoms. The Balaban J connectivity index is 2.35. The zero-order chi connectivity index (χ0) is 16.5. The van der Waals surface area contributed by atoms with Crippen LogP contribution in [0, 0.1) is 5.82 Å². The van der Waals surface area contributed by atoms with E-state index in [0.717, 1.165) is 16.6 Å². The summed E-state index contributed by atoms with van der Waals surface area (Å²) in [6, 6.07) is 3.96. The van der Waals surface area contributed by atoms with E-state index in [0.29, 0.717) is 5.56 Å². The lowest BCUT2D eigenvalue weighted by Gasteiger charge is -2.22. The monoisotopic (exact) mass is 328 g/mol. The first-order valence-electron chi connectivity index (χ1n) is 6.11. The molecule has 0 atom stereocenters. The van der Waals surface area contributed by atoms with E-state index in [1.54, 1.807) is 0 Å². The van der Waals surface area contributed by atoms with Gasteiger partial charge >= 0.3 is 16.2 Å². The molecule has 7 nitrogen and oxygen atoms in total. The van der Waals surface area contributed by atoms with Crippen LogP contribution < -0.4 is 4.74 Å². The average Bonchev–Trinajstić information content (AvgIpc) is 2.41. The maximum Gasteiger partial charge on any atom is 0.344 e. The third-order valence-electron chi connectivity index (χ3n) is 3.00. The number of hydrogen-bond donors (Lipinski definition) is 1. The van der Waals surface area contributed by atoms with Crippen LogP contribution in [-0.2, 0) is 21.5 Å². The topological polar surface area (TPSA) is 96.3 Å². The number of ether oxygens (including phenoxy) is 1. The molecule has 0 amide bonds. The van der Waals surface area contributed by atoms with Crippen LogP contribution in [-0.4, -0.2) is 36.6 Å². The lowest BCUT2D eigenvalue weighted by molar-refractivity contribution is -0.132. The number of halogens is 1. The van der Waals surface area contributed by atoms with Gasteiger partial charge in [0, 0.05) is 6.20 Å². The molecule has 0 saturated carbocycles. The van der Waals surface area contributed by atoms with Crippen molar-refractivity contribution >= 4 is 21.9 Å². The van der Waals surface area contributed by atoms with E-state index < -0.39 is 22.0 Å². The standard InChI is InChI=1S/C13H13FN2O5S/c1-8-10(13(17)18)7-16(22(19,20)15-8)6-9-3-4-12(21-2)11(14)5-9/h3-5,7H,6H2,1-2H3,(H,17,18). The normalized spacial score (nSPS) is 16.8. The first kappa shape index (κ1) is 16.0. The van der Waals surface area contributed by atoms with Crippen molar-refractivity contribution in [3.63, 3.8) is 0 Å². The smallest absolute Gasteiger partial charge is 0.344 e. The first-order valence-corrected chi connectivity index (χ1v) is 7.50. The minimum atomic E-state index is -4.04. The molecule has 1 N–H and O–H groups in total. The van der Waals surface area contributed by atoms with E-state index in [2.05, 4.69) is 4.40 Å². The fraction of sp³-hybridized carbons (Fsp3) is 0.231. The molecule has 0 spiro atoms. The van der Waals surface area contributed by atoms with Crippen LogP contribution in [0.5, 0.6) is 5.75 Å². The van der Waals surface area contributed by atoms with E-state index in [1.807, 2.05) is 0 Å². The predicted octanol–water partition coefficient (Wildman–Crippen LogP) is 1.32. The predicted molar refractivity (Wildman–Crippen MR) is 76.2 cm³/mol. The van der Waals surface area contributed by atoms with E-state index in [1.165, 1.54) is 26.2 Å². The summed E-state index contributed by atoms with van der Waals surface area (Å²) in [7, 11) is -2.73. The Morgan fingerprint density at radius 2 is 2.14 bits per heavy atom. The summed E-state index contributed by atoms with van der Waals surface area (Å²) in [6.45, 7) is 1.05. The second-order valence-corrected chi connectivity index (χ2v) is 6.06. The zero-order valence-corrected chi connectivity index (χ0v) is 12.6. The molecule has 1 aromatic rings. The Hall–Kier alpha value is -2.42. The number of benzene rings is 1. The zero-order valence-electron chi connectivity index (χ0n) is 11.8. The van der Waals surface area contributed by atoms with Gasteiger partial charge in [-0.3, -0.25) is 4.31 Å². The molecule has 0 unspecified atom stereocenters. The number of aliphatic carboxylic acids is 1. The van der Waals surface area contributed by atoms with Crippen molar-refractivity contribution in [3.8, 4) is 5.75 Å². The fourth-order valence-corrected chi connectivity index (χ4v) is 3.00. The molecule has 0 bridgehead atoms. The van der Waals surface area contributed by atoms with Gasteiger partial charge in [0.15, 0.2) is 11.6 Å². The molecule has 0 aliphatic carbocycles. The van der Waals surface area contributed by atoms with Gasteiger partial charge in [0.25, 0.3) is 0 Å². The summed E-state index contributed by atoms with van der Waals surface area (Å²) >= 11 is 0. The number of nitrogens with zero attached hydrogens (tertiary/aromatic N) is 2. The molecule has 118 valence electrons. The lowest BCUT2D eigenvalue weighted by Crippen LogP contribution is -2.31. The number of carboxylic acids is 1. The minimum Gasteiger partial charge on any atom is -0.494 e. The number of carboxylic acid groups (broad SMARTS) is 1. The Labute approximate surface area is 126 Å². The maximum atomic E-state index is 13.6. The minimum absolute atomic E-state index is 0.0286. The Bertz CT molecular complexity index is 786. The highest BCUT2D eigenvalue weighted by molar-refractivity contribution is 7.88. The van der Waals surface area contributed by atoms with E-state index >= 15 is 0 Å². The van der Waals surface area contributed by atoms with Crippen LogP contribution in [0.15, 0.2) is 34.4 Å². The SMILES string of the molecule is COc1ccc(CN2C=C(C(=O)O)C(C)=NS2(=O)=O)cc1F. The maximum absolute atomic E-state index is 13.6. The number of rotatable bonds is 4. The molecule has 1 aliphatic heterocycles. The number of methoxy groups -OCH3 is 1. The third kappa shape index (κ3) is 3.08. The van der Waals surface area contributed by atoms with Gasteiger partial charge in [0.1, 0.15) is 0 Å². The Morgan fingerprint density at radius 1 is 1.45 bits per heavy atom. The lowest BCUT2D eigenvalue weighted by atomic mass is 10.2. The van der Waals surface area contributed by atoms with Gasteiger partial charge in [-0.15, -0.1) is 4.40 Å². The van der Waals surface area contributed by atoms with E-state index in [9.17, 15) is 17.6 Å². The first-order chi connectivity index (χ1) is 10.2. The highest BCUT2D eigenvalue weighted by Crippen LogP contribution is 2.22. The van der Waals surface area contributed by atoms with Crippen LogP contribution in [0.4, 0.5) is 4.39 Å². The summed E-state index contributed by atoms with van der Waals surface area (Å²) in [5, 5.41) is 9.03. The molecule has 1 aromatic carbocycles. The second-order valence-electron chi connectivity index (χ2n) is 4.52. The molecule has 0 saturated heterocycles. The van der Waals surface area contributed by atoms with Gasteiger partial charge in [-0.25, -0.2) is 9.18 Å². The van der Waals surface area contributed by atoms with Crippen LogP contribution in [0.3, 0.4) is 0 Å². The highest BCUT2D eigenvalue weighted by Gasteiger charge is 2.28. The van der Waals surface area contributed by atoms with E-state index in [4.69, 9.17) is 9.84 Å². The fourth-order valence-electron chi connectivity index (χ4n) is 1.90. The van der Waals surface area contributed by atoms with Crippen molar-refractivity contribution in [2.75, 3.05) is 7.11 Å². The Kier molecular flexibility index (Phi) is 4.18. The van der Waals surface area contributed by atoms with Gasteiger partial charge in [0.05, 0.1) is 24.9 Å². The average molecular weight is 328 g/mol. The van der Waals surface area contributed by atoms with Crippen molar-refractivity contribution in [2.45, 2.75) is 13.5 Å². The van der Waals surface area contributed by atoms with E-state index in [-0.39, 0.29) is 23.6 Å². The van der Waals surface area contributed by atoms with Gasteiger partial charge in [-0.2, -0.15) is 8.42 Å². The summed E-state index contributed by atoms with van der Waals surface area (Å²) < 4.78 is 46.5. The van der Waals surface area contributed by atoms with Gasteiger partial charge in [-0.05, 0) is 24.6 Å². The number of hydrogen-bond acceptors (Lipinski definition) is 4. The van der Waals surface area contributed by atoms with Crippen molar-refractivity contribution in [1.82, 2.24) is 4.31 Å². The van der Waals surface area contributed by atoms with Crippen molar-refractivity contribution in [2.24, 2.45) is 4.40 Å². The molecule has 22 heavy (non-hydrogen) atoms. The Morgan fingerprint density at radius 3 is 2.68 bits per heavy atom.